The predicted octanol–water partition coefficient (Wildman–Crippen LogP) is 3.71. The Morgan fingerprint density at radius 2 is 1.91 bits per heavy atom. The fraction of sp³-hybridized carbons (Fsp3) is 0.0500. The van der Waals surface area contributed by atoms with Crippen molar-refractivity contribution < 1.29 is 21.6 Å². The molecule has 0 radical (unpaired) electrons. The Morgan fingerprint density at radius 1 is 1.12 bits per heavy atom. The van der Waals surface area contributed by atoms with E-state index in [4.69, 9.17) is 11.6 Å². The van der Waals surface area contributed by atoms with E-state index < -0.39 is 21.9 Å². The van der Waals surface area contributed by atoms with Crippen LogP contribution in [0.25, 0.3) is 28.3 Å². The lowest BCUT2D eigenvalue weighted by Crippen LogP contribution is -2.13. The van der Waals surface area contributed by atoms with Crippen LogP contribution in [0.1, 0.15) is 11.3 Å². The van der Waals surface area contributed by atoms with Crippen LogP contribution in [0.15, 0.2) is 58.4 Å². The van der Waals surface area contributed by atoms with Crippen molar-refractivity contribution in [1.29, 1.82) is 0 Å². The molecule has 0 spiro atoms. The van der Waals surface area contributed by atoms with E-state index in [1.54, 1.807) is 29.1 Å². The molecule has 32 heavy (non-hydrogen) atoms. The summed E-state index contributed by atoms with van der Waals surface area (Å²) < 4.78 is 64.1. The van der Waals surface area contributed by atoms with Gasteiger partial charge in [-0.05, 0) is 24.3 Å². The van der Waals surface area contributed by atoms with Crippen LogP contribution in [-0.4, -0.2) is 28.2 Å². The number of thiazole rings is 1. The number of alkyl halides is 3. The highest BCUT2D eigenvalue weighted by Crippen LogP contribution is 2.34. The van der Waals surface area contributed by atoms with Crippen LogP contribution in [0.3, 0.4) is 0 Å². The fourth-order valence-electron chi connectivity index (χ4n) is 2.96. The quantitative estimate of drug-likeness (QED) is 0.453. The normalized spacial score (nSPS) is 12.0. The topological polar surface area (TPSA) is 104 Å². The number of terminal acetylenes is 1. The molecule has 0 aliphatic heterocycles. The molecule has 12 heteroatoms. The minimum Gasteiger partial charge on any atom is -0.245 e. The number of sulfonamides is 1. The van der Waals surface area contributed by atoms with E-state index in [0.717, 1.165) is 23.0 Å². The molecule has 0 aliphatic carbocycles. The molecule has 0 unspecified atom stereocenters. The molecule has 162 valence electrons. The third-order valence-corrected chi connectivity index (χ3v) is 5.93. The van der Waals surface area contributed by atoms with Crippen LogP contribution in [-0.2, 0) is 16.2 Å². The Hall–Kier alpha value is -3.53. The minimum absolute atomic E-state index is 0.0336. The van der Waals surface area contributed by atoms with E-state index in [-0.39, 0.29) is 16.4 Å². The van der Waals surface area contributed by atoms with Crippen LogP contribution in [0.5, 0.6) is 0 Å². The molecule has 2 N–H and O–H groups in total. The lowest BCUT2D eigenvalue weighted by Gasteiger charge is -2.09. The zero-order valence-electron chi connectivity index (χ0n) is 15.9. The van der Waals surface area contributed by atoms with Gasteiger partial charge in [0.2, 0.25) is 10.0 Å². The van der Waals surface area contributed by atoms with Gasteiger partial charge in [-0.25, -0.2) is 28.2 Å². The standard InChI is InChI=1S/C20H12F3N5O2S2/c1-2-12-7-13(3-5-15(12)16-10-31-11-26-16)17-8-18(20(21,22)23)27-28(17)19-6-4-14(9-25-19)32(24,29)30/h1,3-11H,(H2,24,29,30). The van der Waals surface area contributed by atoms with Crippen LogP contribution < -0.4 is 5.14 Å². The minimum atomic E-state index is -4.71. The first-order valence-electron chi connectivity index (χ1n) is 8.74. The van der Waals surface area contributed by atoms with Crippen molar-refractivity contribution in [3.8, 4) is 40.7 Å². The summed E-state index contributed by atoms with van der Waals surface area (Å²) in [5.41, 5.74) is 2.68. The van der Waals surface area contributed by atoms with E-state index in [2.05, 4.69) is 21.0 Å². The third-order valence-electron chi connectivity index (χ3n) is 4.45. The highest BCUT2D eigenvalue weighted by Gasteiger charge is 2.35. The second-order valence-corrected chi connectivity index (χ2v) is 8.78. The van der Waals surface area contributed by atoms with Crippen LogP contribution in [0.2, 0.25) is 0 Å². The summed E-state index contributed by atoms with van der Waals surface area (Å²) in [4.78, 5) is 7.85. The molecule has 0 saturated carbocycles. The van der Waals surface area contributed by atoms with Gasteiger partial charge in [-0.3, -0.25) is 0 Å². The number of hydrogen-bond acceptors (Lipinski definition) is 6. The van der Waals surface area contributed by atoms with E-state index in [9.17, 15) is 21.6 Å². The molecular formula is C20H12F3N5O2S2. The summed E-state index contributed by atoms with van der Waals surface area (Å²) in [6, 6.07) is 8.04. The first-order valence-corrected chi connectivity index (χ1v) is 11.2. The van der Waals surface area contributed by atoms with E-state index in [1.807, 2.05) is 0 Å². The Labute approximate surface area is 184 Å². The fourth-order valence-corrected chi connectivity index (χ4v) is 3.97. The first kappa shape index (κ1) is 21.7. The number of hydrogen-bond donors (Lipinski definition) is 1. The summed E-state index contributed by atoms with van der Waals surface area (Å²) in [7, 11) is -4.02. The maximum absolute atomic E-state index is 13.4. The van der Waals surface area contributed by atoms with Gasteiger partial charge in [-0.2, -0.15) is 18.3 Å². The van der Waals surface area contributed by atoms with Gasteiger partial charge >= 0.3 is 6.18 Å². The molecule has 0 atom stereocenters. The largest absolute Gasteiger partial charge is 0.435 e. The average molecular weight is 475 g/mol. The average Bonchev–Trinajstić information content (AvgIpc) is 3.43. The van der Waals surface area contributed by atoms with Crippen molar-refractivity contribution in [3.63, 3.8) is 0 Å². The Morgan fingerprint density at radius 3 is 2.47 bits per heavy atom. The number of halogens is 3. The number of primary sulfonamides is 1. The van der Waals surface area contributed by atoms with Gasteiger partial charge in [0.1, 0.15) is 4.90 Å². The van der Waals surface area contributed by atoms with Crippen molar-refractivity contribution in [3.05, 3.63) is 64.7 Å². The van der Waals surface area contributed by atoms with Crippen LogP contribution in [0, 0.1) is 12.3 Å². The summed E-state index contributed by atoms with van der Waals surface area (Å²) in [6.07, 6.45) is 1.86. The second-order valence-electron chi connectivity index (χ2n) is 6.50. The second kappa shape index (κ2) is 7.86. The maximum atomic E-state index is 13.4. The van der Waals surface area contributed by atoms with Crippen molar-refractivity contribution >= 4 is 21.4 Å². The van der Waals surface area contributed by atoms with E-state index >= 15 is 0 Å². The summed E-state index contributed by atoms with van der Waals surface area (Å²) in [5.74, 6) is 2.50. The number of nitrogens with zero attached hydrogens (tertiary/aromatic N) is 4. The molecule has 4 aromatic rings. The molecule has 0 aliphatic rings. The Kier molecular flexibility index (Phi) is 5.33. The van der Waals surface area contributed by atoms with Gasteiger partial charge in [0.15, 0.2) is 11.5 Å². The third kappa shape index (κ3) is 4.13. The number of pyridine rings is 1. The molecule has 3 aromatic heterocycles. The lowest BCUT2D eigenvalue weighted by atomic mass is 10.0. The zero-order valence-corrected chi connectivity index (χ0v) is 17.5. The van der Waals surface area contributed by atoms with Gasteiger partial charge in [0.05, 0.1) is 16.9 Å². The number of aromatic nitrogens is 4. The SMILES string of the molecule is C#Cc1cc(-c2cc(C(F)(F)F)nn2-c2ccc(S(N)(=O)=O)cn2)ccc1-c1cscn1. The molecule has 0 saturated heterocycles. The van der Waals surface area contributed by atoms with Crippen molar-refractivity contribution in [1.82, 2.24) is 19.7 Å². The summed E-state index contributed by atoms with van der Waals surface area (Å²) >= 11 is 1.38. The number of rotatable bonds is 4. The van der Waals surface area contributed by atoms with Crippen LogP contribution >= 0.6 is 11.3 Å². The van der Waals surface area contributed by atoms with Crippen LogP contribution in [0.4, 0.5) is 13.2 Å². The van der Waals surface area contributed by atoms with Gasteiger partial charge in [0.25, 0.3) is 0 Å². The van der Waals surface area contributed by atoms with E-state index in [0.29, 0.717) is 22.4 Å². The summed E-state index contributed by atoms with van der Waals surface area (Å²) in [5, 5.41) is 10.5. The smallest absolute Gasteiger partial charge is 0.245 e. The molecule has 0 bridgehead atoms. The monoisotopic (exact) mass is 475 g/mol. The molecule has 0 amide bonds. The summed E-state index contributed by atoms with van der Waals surface area (Å²) in [6.45, 7) is 0. The molecule has 4 rings (SSSR count). The Bertz CT molecular complexity index is 1440. The highest BCUT2D eigenvalue weighted by molar-refractivity contribution is 7.89. The molecule has 3 heterocycles. The molecule has 0 fully saturated rings. The van der Waals surface area contributed by atoms with Crippen molar-refractivity contribution in [2.24, 2.45) is 5.14 Å². The molecular weight excluding hydrogens is 463 g/mol. The lowest BCUT2D eigenvalue weighted by molar-refractivity contribution is -0.141. The maximum Gasteiger partial charge on any atom is 0.435 e. The number of benzene rings is 1. The van der Waals surface area contributed by atoms with Crippen molar-refractivity contribution in [2.45, 2.75) is 11.1 Å². The van der Waals surface area contributed by atoms with Gasteiger partial charge < -0.3 is 0 Å². The van der Waals surface area contributed by atoms with Gasteiger partial charge in [0, 0.05) is 28.3 Å². The van der Waals surface area contributed by atoms with Gasteiger partial charge in [-0.1, -0.05) is 18.1 Å². The van der Waals surface area contributed by atoms with Gasteiger partial charge in [-0.15, -0.1) is 17.8 Å². The Balaban J connectivity index is 1.88. The van der Waals surface area contributed by atoms with E-state index in [1.165, 1.54) is 17.4 Å². The molecule has 1 aromatic carbocycles. The van der Waals surface area contributed by atoms with Crippen molar-refractivity contribution in [2.75, 3.05) is 0 Å². The number of nitrogens with two attached hydrogens (primary N) is 1. The highest BCUT2D eigenvalue weighted by atomic mass is 32.2. The predicted molar refractivity (Wildman–Crippen MR) is 112 cm³/mol. The first-order chi connectivity index (χ1) is 15.1. The molecule has 7 nitrogen and oxygen atoms in total. The zero-order chi connectivity index (χ0) is 23.1.